The van der Waals surface area contributed by atoms with Crippen LogP contribution >= 0.6 is 43.2 Å². The van der Waals surface area contributed by atoms with E-state index in [1.807, 2.05) is 183 Å². The first-order valence-corrected chi connectivity index (χ1v) is 43.6. The number of unbranched alkanes of at least 4 members (excludes halogenated alkanes) is 2. The van der Waals surface area contributed by atoms with Gasteiger partial charge in [0.15, 0.2) is 18.2 Å². The number of ether oxygens (including phenoxy) is 5. The van der Waals surface area contributed by atoms with Crippen LogP contribution in [0.1, 0.15) is 162 Å². The van der Waals surface area contributed by atoms with Gasteiger partial charge in [-0.1, -0.05) is 236 Å². The van der Waals surface area contributed by atoms with Crippen LogP contribution in [0.15, 0.2) is 164 Å². The van der Waals surface area contributed by atoms with Crippen LogP contribution in [0, 0.1) is 18.8 Å². The zero-order valence-corrected chi connectivity index (χ0v) is 70.2. The van der Waals surface area contributed by atoms with Gasteiger partial charge in [0.1, 0.15) is 36.5 Å². The van der Waals surface area contributed by atoms with Gasteiger partial charge in [0.25, 0.3) is 5.91 Å². The molecule has 0 spiro atoms. The molecule has 21 nitrogen and oxygen atoms in total. The first kappa shape index (κ1) is 88.7. The van der Waals surface area contributed by atoms with Crippen molar-refractivity contribution in [1.82, 2.24) is 37.2 Å². The molecule has 5 atom stereocenters. The van der Waals surface area contributed by atoms with Crippen molar-refractivity contribution >= 4 is 96.3 Å². The summed E-state index contributed by atoms with van der Waals surface area (Å²) in [6.45, 7) is 14.4. The third-order valence-corrected chi connectivity index (χ3v) is 26.4. The number of methoxy groups -OCH3 is 2. The van der Waals surface area contributed by atoms with Crippen molar-refractivity contribution in [2.45, 2.75) is 152 Å². The number of fused-ring (bicyclic) bond motifs is 6. The largest absolute Gasteiger partial charge is 0.497 e. The minimum atomic E-state index is -1.05. The maximum atomic E-state index is 15.3. The van der Waals surface area contributed by atoms with E-state index in [9.17, 15) is 33.6 Å². The number of carbonyl (C=O) groups excluding carboxylic acids is 9. The Balaban J connectivity index is 0.875. The highest BCUT2D eigenvalue weighted by atomic mass is 33.1. The molecule has 2 aliphatic rings. The Bertz CT molecular complexity index is 4330. The van der Waals surface area contributed by atoms with Crippen molar-refractivity contribution in [2.24, 2.45) is 11.8 Å². The van der Waals surface area contributed by atoms with E-state index in [2.05, 4.69) is 49.4 Å². The van der Waals surface area contributed by atoms with Gasteiger partial charge in [-0.2, -0.15) is 0 Å². The lowest BCUT2D eigenvalue weighted by atomic mass is 9.84. The molecule has 7 N–H and O–H groups in total. The fraction of sp³-hybridized carbons (Fsp3) is 0.427. The molecule has 1 unspecified atom stereocenters. The van der Waals surface area contributed by atoms with E-state index >= 15 is 9.59 Å². The van der Waals surface area contributed by atoms with Crippen LogP contribution in [-0.4, -0.2) is 154 Å². The van der Waals surface area contributed by atoms with Crippen LogP contribution in [0.2, 0.25) is 0 Å². The molecule has 2 aliphatic carbocycles. The minimum Gasteiger partial charge on any atom is -0.497 e. The Morgan fingerprint density at radius 1 is 0.491 bits per heavy atom. The fourth-order valence-corrected chi connectivity index (χ4v) is 18.8. The third-order valence-electron chi connectivity index (χ3n) is 19.6. The summed E-state index contributed by atoms with van der Waals surface area (Å²) in [5, 5.41) is 20.2. The summed E-state index contributed by atoms with van der Waals surface area (Å²) in [6.07, 6.45) is 0.818. The van der Waals surface area contributed by atoms with Crippen LogP contribution in [0.5, 0.6) is 17.2 Å². The molecule has 0 bridgehead atoms. The third kappa shape index (κ3) is 27.2. The predicted molar refractivity (Wildman–Crippen MR) is 456 cm³/mol. The van der Waals surface area contributed by atoms with E-state index in [-0.39, 0.29) is 103 Å². The minimum absolute atomic E-state index is 0.0448. The Labute approximate surface area is 686 Å². The van der Waals surface area contributed by atoms with E-state index in [1.54, 1.807) is 53.0 Å². The molecule has 0 aliphatic heterocycles. The van der Waals surface area contributed by atoms with Gasteiger partial charge in [-0.25, -0.2) is 4.79 Å². The smallest absolute Gasteiger partial charge is 0.407 e. The monoisotopic (exact) mass is 1630 g/mol. The van der Waals surface area contributed by atoms with Crippen molar-refractivity contribution in [2.75, 3.05) is 78.8 Å². The molecule has 0 fully saturated rings. The zero-order valence-electron chi connectivity index (χ0n) is 66.9. The highest BCUT2D eigenvalue weighted by Crippen LogP contribution is 2.47. The molecule has 0 heterocycles. The zero-order chi connectivity index (χ0) is 81.7. The fourth-order valence-electron chi connectivity index (χ4n) is 13.8. The summed E-state index contributed by atoms with van der Waals surface area (Å²) in [6, 6.07) is 50.3. The van der Waals surface area contributed by atoms with Crippen molar-refractivity contribution in [3.63, 3.8) is 0 Å². The number of carbonyl (C=O) groups is 9. The van der Waals surface area contributed by atoms with Gasteiger partial charge in [0.2, 0.25) is 23.6 Å². The van der Waals surface area contributed by atoms with Crippen molar-refractivity contribution in [3.05, 3.63) is 208 Å². The SMILES string of the molecule is CNCCCC[C@H](NC(=O)[C@H](CCCCNC(=O)CNC(=O)[C@H](CSSC(C)(C)C)NC(=O)OCC1c2ccccc2-c2ccccc21)CC(=O)CNC(=O)[C@H](CSSC(C)(C)C)CC(=O)OCC1c2ccccc2-c2ccccc21)C(=O)CC(c1ccc(OCC(=O)NCc2ccc(C)cc2)cc1)c1ccc(OC)cc1OC. The molecule has 114 heavy (non-hydrogen) atoms. The first-order valence-electron chi connectivity index (χ1n) is 38.9. The van der Waals surface area contributed by atoms with Crippen LogP contribution in [0.3, 0.4) is 0 Å². The Morgan fingerprint density at radius 3 is 1.62 bits per heavy atom. The predicted octanol–water partition coefficient (Wildman–Crippen LogP) is 14.4. The summed E-state index contributed by atoms with van der Waals surface area (Å²) >= 11 is 0. The van der Waals surface area contributed by atoms with Crippen LogP contribution < -0.4 is 51.4 Å². The number of ketones is 2. The second kappa shape index (κ2) is 44.0. The van der Waals surface area contributed by atoms with Gasteiger partial charge in [-0.3, -0.25) is 38.4 Å². The highest BCUT2D eigenvalue weighted by molar-refractivity contribution is 8.77. The molecule has 0 saturated heterocycles. The van der Waals surface area contributed by atoms with Crippen LogP contribution in [0.25, 0.3) is 22.3 Å². The maximum Gasteiger partial charge on any atom is 0.407 e. The average Bonchev–Trinajstić information content (AvgIpc) is 1.57. The second-order valence-corrected chi connectivity index (χ2v) is 37.0. The van der Waals surface area contributed by atoms with Crippen molar-refractivity contribution in [3.8, 4) is 39.5 Å². The van der Waals surface area contributed by atoms with Gasteiger partial charge in [-0.05, 0) is 126 Å². The Morgan fingerprint density at radius 2 is 1.04 bits per heavy atom. The summed E-state index contributed by atoms with van der Waals surface area (Å²) < 4.78 is 28.9. The standard InChI is InChI=1S/C89H109N7O14S4/c1-57-33-35-58(36-34-57)49-92-82(100)54-108-63-39-37-59(38-40-63)74(73-42-41-64(106-9)47-80(73)107-10)48-79(98)77(32-20-21-43-90-8)95-85(103)60(45-62(97)50-93-84(102)61(55-111-113-88(2,3)4)46-83(101)109-52-75-69-28-15-11-24-65(69)66-25-12-16-29-70(66)75)23-19-22-44-91-81(99)51-94-86(104)78(56-112-114-89(5,6)7)96-87(105)110-53-76-71-30-17-13-26-67(71)68-27-14-18-31-72(68)76/h11-18,24-31,33-42,47,60-61,74-78,90H,19-23,32,43-46,48-56H2,1-10H3,(H,91,99)(H,92,100)(H,93,102)(H,94,104)(H,95,103)(H,96,105)/t60-,61+,74?,77+,78+/m1/s1. The lowest BCUT2D eigenvalue weighted by Gasteiger charge is -2.26. The quantitative estimate of drug-likeness (QED) is 0.0106. The molecule has 0 saturated carbocycles. The molecule has 9 rings (SSSR count). The number of Topliss-reactive ketones (excluding diaryl/α,β-unsaturated/α-hetero) is 2. The van der Waals surface area contributed by atoms with E-state index in [1.165, 1.54) is 28.7 Å². The normalized spacial score (nSPS) is 13.6. The summed E-state index contributed by atoms with van der Waals surface area (Å²) in [4.78, 5) is 127. The Hall–Kier alpha value is -9.27. The van der Waals surface area contributed by atoms with Gasteiger partial charge < -0.3 is 60.9 Å². The Kier molecular flexibility index (Phi) is 34.2. The van der Waals surface area contributed by atoms with E-state index in [0.717, 1.165) is 55.6 Å². The topological polar surface area (TPSA) is 284 Å². The molecule has 0 radical (unpaired) electrons. The molecule has 7 aromatic rings. The second-order valence-electron chi connectivity index (χ2n) is 30.6. The summed E-state index contributed by atoms with van der Waals surface area (Å²) in [7, 11) is 10.9. The summed E-state index contributed by atoms with van der Waals surface area (Å²) in [5.41, 5.74) is 11.9. The number of hydrogen-bond acceptors (Lipinski definition) is 19. The van der Waals surface area contributed by atoms with E-state index in [4.69, 9.17) is 23.7 Å². The molecular formula is C89H109N7O14S4. The van der Waals surface area contributed by atoms with Gasteiger partial charge in [-0.15, -0.1) is 0 Å². The summed E-state index contributed by atoms with van der Waals surface area (Å²) in [5.74, 6) is -4.87. The van der Waals surface area contributed by atoms with Crippen molar-refractivity contribution < 1.29 is 66.8 Å². The number of amides is 6. The maximum absolute atomic E-state index is 15.3. The number of esters is 1. The van der Waals surface area contributed by atoms with Gasteiger partial charge in [0, 0.05) is 82.2 Å². The van der Waals surface area contributed by atoms with Gasteiger partial charge >= 0.3 is 12.1 Å². The van der Waals surface area contributed by atoms with Gasteiger partial charge in [0.05, 0.1) is 45.7 Å². The molecule has 25 heteroatoms. The highest BCUT2D eigenvalue weighted by Gasteiger charge is 2.35. The number of hydrogen-bond donors (Lipinski definition) is 7. The van der Waals surface area contributed by atoms with Crippen LogP contribution in [-0.2, 0) is 54.4 Å². The molecular weight excluding hydrogens is 1520 g/mol. The molecule has 608 valence electrons. The number of rotatable bonds is 45. The van der Waals surface area contributed by atoms with E-state index in [0.29, 0.717) is 67.1 Å². The number of aryl methyl sites for hydroxylation is 1. The van der Waals surface area contributed by atoms with Crippen LogP contribution in [0.4, 0.5) is 4.79 Å². The molecule has 7 aromatic carbocycles. The lowest BCUT2D eigenvalue weighted by molar-refractivity contribution is -0.146. The van der Waals surface area contributed by atoms with Crippen molar-refractivity contribution in [1.29, 1.82) is 0 Å². The first-order chi connectivity index (χ1) is 54.8. The average molecular weight is 1630 g/mol. The molecule has 6 amide bonds. The number of benzene rings is 7. The molecule has 0 aromatic heterocycles. The number of alkyl carbamates (subject to hydrolysis) is 1. The van der Waals surface area contributed by atoms with E-state index < -0.39 is 84.4 Å². The number of nitrogens with one attached hydrogen (secondary N) is 7. The lowest BCUT2D eigenvalue weighted by Crippen LogP contribution is -2.50.